The van der Waals surface area contributed by atoms with Crippen LogP contribution in [0.3, 0.4) is 0 Å². The summed E-state index contributed by atoms with van der Waals surface area (Å²) in [4.78, 5) is 19.2. The molecule has 1 aliphatic heterocycles. The number of aryl methyl sites for hydroxylation is 1. The third-order valence-corrected chi connectivity index (χ3v) is 5.00. The summed E-state index contributed by atoms with van der Waals surface area (Å²) in [7, 11) is 0. The molecule has 2 atom stereocenters. The molecule has 2 fully saturated rings. The molecule has 8 nitrogen and oxygen atoms in total. The molecule has 0 spiro atoms. The molecule has 1 saturated carbocycles. The predicted octanol–water partition coefficient (Wildman–Crippen LogP) is 2.45. The number of piperidine rings is 1. The van der Waals surface area contributed by atoms with Crippen molar-refractivity contribution in [2.45, 2.75) is 57.4 Å². The van der Waals surface area contributed by atoms with Crippen molar-refractivity contribution >= 4 is 11.8 Å². The largest absolute Gasteiger partial charge is 0.339 e. The normalized spacial score (nSPS) is 22.7. The number of carbonyl (C=O) groups is 1. The zero-order valence-electron chi connectivity index (χ0n) is 14.6. The fourth-order valence-electron chi connectivity index (χ4n) is 3.29. The number of nitrogens with zero attached hydrogens (tertiary/aromatic N) is 4. The van der Waals surface area contributed by atoms with Crippen molar-refractivity contribution in [2.24, 2.45) is 0 Å². The lowest BCUT2D eigenvalue weighted by atomic mass is 9.96. The van der Waals surface area contributed by atoms with Crippen molar-refractivity contribution in [3.63, 3.8) is 0 Å². The van der Waals surface area contributed by atoms with E-state index in [2.05, 4.69) is 25.5 Å². The molecule has 134 valence electrons. The first-order valence-corrected chi connectivity index (χ1v) is 8.92. The quantitative estimate of drug-likeness (QED) is 0.889. The first-order chi connectivity index (χ1) is 12.1. The van der Waals surface area contributed by atoms with Gasteiger partial charge in [-0.15, -0.1) is 0 Å². The SMILES string of the molecule is Cc1cc(NC(=O)[C@@H](C)N2CCC[C@@H](c3noc(C4CC4)n3)C2)on1. The van der Waals surface area contributed by atoms with Crippen LogP contribution in [0.2, 0.25) is 0 Å². The molecule has 8 heteroatoms. The first-order valence-electron chi connectivity index (χ1n) is 8.92. The van der Waals surface area contributed by atoms with E-state index in [1.807, 2.05) is 13.8 Å². The van der Waals surface area contributed by atoms with E-state index in [4.69, 9.17) is 9.05 Å². The average molecular weight is 345 g/mol. The lowest BCUT2D eigenvalue weighted by Crippen LogP contribution is -2.46. The van der Waals surface area contributed by atoms with Gasteiger partial charge in [0, 0.05) is 24.4 Å². The number of nitrogens with one attached hydrogen (secondary N) is 1. The molecule has 25 heavy (non-hydrogen) atoms. The molecule has 0 bridgehead atoms. The van der Waals surface area contributed by atoms with Gasteiger partial charge in [-0.3, -0.25) is 15.0 Å². The summed E-state index contributed by atoms with van der Waals surface area (Å²) < 4.78 is 10.4. The molecule has 2 aromatic heterocycles. The van der Waals surface area contributed by atoms with E-state index in [1.165, 1.54) is 0 Å². The summed E-state index contributed by atoms with van der Waals surface area (Å²) in [5.74, 6) is 2.53. The third kappa shape index (κ3) is 3.58. The Morgan fingerprint density at radius 2 is 2.12 bits per heavy atom. The van der Waals surface area contributed by atoms with Crippen molar-refractivity contribution in [2.75, 3.05) is 18.4 Å². The highest BCUT2D eigenvalue weighted by Gasteiger charge is 2.33. The molecule has 1 N–H and O–H groups in total. The standard InChI is InChI=1S/C17H23N5O3/c1-10-8-14(24-20-10)18-16(23)11(2)22-7-3-4-13(9-22)15-19-17(25-21-15)12-5-6-12/h8,11-13H,3-7,9H2,1-2H3,(H,18,23)/t11-,13-/m1/s1. The van der Waals surface area contributed by atoms with E-state index in [9.17, 15) is 4.79 Å². The smallest absolute Gasteiger partial charge is 0.243 e. The fourth-order valence-corrected chi connectivity index (χ4v) is 3.29. The lowest BCUT2D eigenvalue weighted by molar-refractivity contribution is -0.121. The summed E-state index contributed by atoms with van der Waals surface area (Å²) in [6.45, 7) is 5.37. The van der Waals surface area contributed by atoms with E-state index < -0.39 is 0 Å². The maximum absolute atomic E-state index is 12.5. The molecule has 0 aromatic carbocycles. The van der Waals surface area contributed by atoms with Crippen molar-refractivity contribution in [1.29, 1.82) is 0 Å². The molecule has 2 aromatic rings. The number of amides is 1. The minimum Gasteiger partial charge on any atom is -0.339 e. The minimum absolute atomic E-state index is 0.0939. The molecular weight excluding hydrogens is 322 g/mol. The van der Waals surface area contributed by atoms with Crippen LogP contribution < -0.4 is 5.32 Å². The fraction of sp³-hybridized carbons (Fsp3) is 0.647. The first kappa shape index (κ1) is 16.3. The Hall–Kier alpha value is -2.22. The lowest BCUT2D eigenvalue weighted by Gasteiger charge is -2.34. The van der Waals surface area contributed by atoms with Crippen LogP contribution in [0.15, 0.2) is 15.1 Å². The highest BCUT2D eigenvalue weighted by Crippen LogP contribution is 2.39. The highest BCUT2D eigenvalue weighted by atomic mass is 16.5. The molecule has 3 heterocycles. The van der Waals surface area contributed by atoms with Crippen LogP contribution in [0.4, 0.5) is 5.88 Å². The number of likely N-dealkylation sites (tertiary alicyclic amines) is 1. The van der Waals surface area contributed by atoms with Gasteiger partial charge in [0.05, 0.1) is 11.7 Å². The van der Waals surface area contributed by atoms with Crippen molar-refractivity contribution in [3.05, 3.63) is 23.5 Å². The van der Waals surface area contributed by atoms with Crippen LogP contribution in [-0.2, 0) is 4.79 Å². The van der Waals surface area contributed by atoms with Crippen LogP contribution >= 0.6 is 0 Å². The number of carbonyl (C=O) groups excluding carboxylic acids is 1. The van der Waals surface area contributed by atoms with Gasteiger partial charge >= 0.3 is 0 Å². The van der Waals surface area contributed by atoms with E-state index in [1.54, 1.807) is 6.07 Å². The Balaban J connectivity index is 1.38. The van der Waals surface area contributed by atoms with Crippen LogP contribution in [0, 0.1) is 6.92 Å². The molecule has 4 rings (SSSR count). The number of anilines is 1. The zero-order valence-corrected chi connectivity index (χ0v) is 14.6. The van der Waals surface area contributed by atoms with Gasteiger partial charge in [-0.2, -0.15) is 4.98 Å². The Labute approximate surface area is 145 Å². The highest BCUT2D eigenvalue weighted by molar-refractivity contribution is 5.93. The van der Waals surface area contributed by atoms with Crippen molar-refractivity contribution in [1.82, 2.24) is 20.2 Å². The molecule has 0 unspecified atom stereocenters. The molecule has 1 aliphatic carbocycles. The second-order valence-corrected chi connectivity index (χ2v) is 7.10. The Kier molecular flexibility index (Phi) is 4.29. The number of hydrogen-bond acceptors (Lipinski definition) is 7. The number of hydrogen-bond donors (Lipinski definition) is 1. The van der Waals surface area contributed by atoms with Gasteiger partial charge in [-0.05, 0) is 46.1 Å². The van der Waals surface area contributed by atoms with Gasteiger partial charge < -0.3 is 9.05 Å². The van der Waals surface area contributed by atoms with Gasteiger partial charge in [0.1, 0.15) is 0 Å². The van der Waals surface area contributed by atoms with E-state index >= 15 is 0 Å². The van der Waals surface area contributed by atoms with E-state index in [0.29, 0.717) is 11.8 Å². The van der Waals surface area contributed by atoms with Crippen molar-refractivity contribution < 1.29 is 13.8 Å². The molecule has 1 amide bonds. The van der Waals surface area contributed by atoms with E-state index in [-0.39, 0.29) is 17.9 Å². The number of rotatable bonds is 5. The summed E-state index contributed by atoms with van der Waals surface area (Å²) in [5, 5.41) is 10.7. The molecule has 1 saturated heterocycles. The third-order valence-electron chi connectivity index (χ3n) is 5.00. The van der Waals surface area contributed by atoms with Crippen molar-refractivity contribution in [3.8, 4) is 0 Å². The summed E-state index contributed by atoms with van der Waals surface area (Å²) >= 11 is 0. The van der Waals surface area contributed by atoms with Gasteiger partial charge in [0.15, 0.2) is 5.82 Å². The van der Waals surface area contributed by atoms with Gasteiger partial charge in [-0.25, -0.2) is 0 Å². The molecular formula is C17H23N5O3. The van der Waals surface area contributed by atoms with Crippen LogP contribution in [0.1, 0.15) is 61.9 Å². The maximum atomic E-state index is 12.5. The predicted molar refractivity (Wildman–Crippen MR) is 89.2 cm³/mol. The van der Waals surface area contributed by atoms with Crippen LogP contribution in [0.5, 0.6) is 0 Å². The Morgan fingerprint density at radius 3 is 2.84 bits per heavy atom. The molecule has 0 radical (unpaired) electrons. The van der Waals surface area contributed by atoms with Gasteiger partial charge in [-0.1, -0.05) is 10.3 Å². The number of aromatic nitrogens is 3. The Morgan fingerprint density at radius 1 is 1.28 bits per heavy atom. The van der Waals surface area contributed by atoms with Gasteiger partial charge in [0.25, 0.3) is 0 Å². The average Bonchev–Trinajstić information content (AvgIpc) is 3.21. The maximum Gasteiger partial charge on any atom is 0.243 e. The second kappa shape index (κ2) is 6.59. The zero-order chi connectivity index (χ0) is 17.4. The van der Waals surface area contributed by atoms with Gasteiger partial charge in [0.2, 0.25) is 17.7 Å². The summed E-state index contributed by atoms with van der Waals surface area (Å²) in [5.41, 5.74) is 0.740. The molecule has 2 aliphatic rings. The Bertz CT molecular complexity index is 751. The van der Waals surface area contributed by atoms with Crippen LogP contribution in [0.25, 0.3) is 0 Å². The second-order valence-electron chi connectivity index (χ2n) is 7.10. The minimum atomic E-state index is -0.261. The van der Waals surface area contributed by atoms with Crippen LogP contribution in [-0.4, -0.2) is 45.2 Å². The summed E-state index contributed by atoms with van der Waals surface area (Å²) in [6, 6.07) is 1.45. The topological polar surface area (TPSA) is 97.3 Å². The monoisotopic (exact) mass is 345 g/mol. The van der Waals surface area contributed by atoms with E-state index in [0.717, 1.165) is 56.2 Å². The summed E-state index contributed by atoms with van der Waals surface area (Å²) in [6.07, 6.45) is 4.33.